The first-order valence-electron chi connectivity index (χ1n) is 6.67. The van der Waals surface area contributed by atoms with E-state index in [0.29, 0.717) is 0 Å². The zero-order chi connectivity index (χ0) is 11.8. The molecule has 0 fully saturated rings. The molecule has 0 amide bonds. The molecular weight excluding hydrogens is 194 g/mol. The Morgan fingerprint density at radius 2 is 2.00 bits per heavy atom. The molecule has 90 valence electrons. The number of nitrogens with zero attached hydrogens (tertiary/aromatic N) is 1. The minimum Gasteiger partial charge on any atom is -0.261 e. The highest BCUT2D eigenvalue weighted by atomic mass is 14.7. The molecule has 0 bridgehead atoms. The van der Waals surface area contributed by atoms with Gasteiger partial charge < -0.3 is 0 Å². The third-order valence-electron chi connectivity index (χ3n) is 3.36. The van der Waals surface area contributed by atoms with Crippen molar-refractivity contribution in [3.63, 3.8) is 0 Å². The van der Waals surface area contributed by atoms with Crippen LogP contribution in [0.1, 0.15) is 57.2 Å². The molecule has 1 aromatic heterocycles. The van der Waals surface area contributed by atoms with E-state index < -0.39 is 0 Å². The second-order valence-electron chi connectivity index (χ2n) is 4.76. The van der Waals surface area contributed by atoms with Crippen molar-refractivity contribution in [2.75, 3.05) is 0 Å². The molecule has 1 unspecified atom stereocenters. The number of aromatic nitrogens is 1. The third-order valence-corrected chi connectivity index (χ3v) is 3.36. The van der Waals surface area contributed by atoms with Crippen LogP contribution < -0.4 is 0 Å². The predicted octanol–water partition coefficient (Wildman–Crippen LogP) is 4.54. The van der Waals surface area contributed by atoms with Crippen LogP contribution in [0.4, 0.5) is 0 Å². The molecule has 0 N–H and O–H groups in total. The van der Waals surface area contributed by atoms with E-state index in [1.54, 1.807) is 0 Å². The van der Waals surface area contributed by atoms with E-state index in [2.05, 4.69) is 31.0 Å². The van der Waals surface area contributed by atoms with Crippen molar-refractivity contribution < 1.29 is 0 Å². The number of hydrogen-bond acceptors (Lipinski definition) is 1. The first-order chi connectivity index (χ1) is 7.76. The van der Waals surface area contributed by atoms with Crippen LogP contribution >= 0.6 is 0 Å². The summed E-state index contributed by atoms with van der Waals surface area (Å²) in [4.78, 5) is 4.35. The average molecular weight is 219 g/mol. The van der Waals surface area contributed by atoms with E-state index in [9.17, 15) is 0 Å². The third kappa shape index (κ3) is 4.78. The molecule has 0 aliphatic carbocycles. The van der Waals surface area contributed by atoms with E-state index in [1.165, 1.54) is 44.1 Å². The molecule has 0 aliphatic rings. The minimum absolute atomic E-state index is 0.904. The molecule has 1 nitrogen and oxygen atoms in total. The topological polar surface area (TPSA) is 12.9 Å². The summed E-state index contributed by atoms with van der Waals surface area (Å²) in [5.41, 5.74) is 2.50. The van der Waals surface area contributed by atoms with Gasteiger partial charge in [0.2, 0.25) is 0 Å². The van der Waals surface area contributed by atoms with Crippen molar-refractivity contribution in [3.8, 4) is 0 Å². The van der Waals surface area contributed by atoms with Crippen LogP contribution in [0.5, 0.6) is 0 Å². The fraction of sp³-hybridized carbons (Fsp3) is 0.667. The van der Waals surface area contributed by atoms with Crippen molar-refractivity contribution in [1.29, 1.82) is 0 Å². The Kier molecular flexibility index (Phi) is 6.14. The molecule has 0 aliphatic heterocycles. The van der Waals surface area contributed by atoms with Gasteiger partial charge in [-0.15, -0.1) is 0 Å². The van der Waals surface area contributed by atoms with Crippen LogP contribution in [0, 0.1) is 12.8 Å². The number of hydrogen-bond donors (Lipinski definition) is 0. The molecule has 0 radical (unpaired) electrons. The zero-order valence-electron chi connectivity index (χ0n) is 11.0. The zero-order valence-corrected chi connectivity index (χ0v) is 11.0. The highest BCUT2D eigenvalue weighted by molar-refractivity contribution is 5.13. The van der Waals surface area contributed by atoms with Gasteiger partial charge in [0.25, 0.3) is 0 Å². The highest BCUT2D eigenvalue weighted by Crippen LogP contribution is 2.19. The maximum Gasteiger partial charge on any atom is 0.0372 e. The lowest BCUT2D eigenvalue weighted by Crippen LogP contribution is -2.01. The maximum atomic E-state index is 4.35. The van der Waals surface area contributed by atoms with Gasteiger partial charge in [0.15, 0.2) is 0 Å². The molecule has 1 aromatic rings. The smallest absolute Gasteiger partial charge is 0.0372 e. The highest BCUT2D eigenvalue weighted by Gasteiger charge is 2.06. The Morgan fingerprint density at radius 3 is 2.56 bits per heavy atom. The van der Waals surface area contributed by atoms with Crippen molar-refractivity contribution >= 4 is 0 Å². The van der Waals surface area contributed by atoms with Gasteiger partial charge in [0.1, 0.15) is 0 Å². The van der Waals surface area contributed by atoms with Crippen LogP contribution in [0.2, 0.25) is 0 Å². The molecule has 1 rings (SSSR count). The van der Waals surface area contributed by atoms with E-state index >= 15 is 0 Å². The number of unbranched alkanes of at least 4 members (excludes halogenated alkanes) is 1. The quantitative estimate of drug-likeness (QED) is 0.656. The first-order valence-corrected chi connectivity index (χ1v) is 6.67. The predicted molar refractivity (Wildman–Crippen MR) is 70.6 cm³/mol. The van der Waals surface area contributed by atoms with Crippen molar-refractivity contribution in [3.05, 3.63) is 29.6 Å². The van der Waals surface area contributed by atoms with Gasteiger partial charge >= 0.3 is 0 Å². The van der Waals surface area contributed by atoms with Gasteiger partial charge in [-0.2, -0.15) is 0 Å². The van der Waals surface area contributed by atoms with E-state index in [-0.39, 0.29) is 0 Å². The lowest BCUT2D eigenvalue weighted by atomic mass is 9.93. The SMILES string of the molecule is CCCCC(CC)CCc1ccc(C)nc1. The van der Waals surface area contributed by atoms with Gasteiger partial charge in [-0.25, -0.2) is 0 Å². The minimum atomic E-state index is 0.904. The Balaban J connectivity index is 2.34. The van der Waals surface area contributed by atoms with Crippen molar-refractivity contribution in [1.82, 2.24) is 4.98 Å². The Hall–Kier alpha value is -0.850. The molecule has 0 spiro atoms. The Labute approximate surface area is 100 Å². The van der Waals surface area contributed by atoms with Crippen LogP contribution in [0.3, 0.4) is 0 Å². The molecule has 1 atom stereocenters. The summed E-state index contributed by atoms with van der Waals surface area (Å²) >= 11 is 0. The normalized spacial score (nSPS) is 12.7. The van der Waals surface area contributed by atoms with Gasteiger partial charge in [0, 0.05) is 11.9 Å². The van der Waals surface area contributed by atoms with E-state index in [4.69, 9.17) is 0 Å². The van der Waals surface area contributed by atoms with Gasteiger partial charge in [-0.3, -0.25) is 4.98 Å². The maximum absolute atomic E-state index is 4.35. The fourth-order valence-corrected chi connectivity index (χ4v) is 2.06. The standard InChI is InChI=1S/C15H25N/c1-4-6-7-14(5-2)10-11-15-9-8-13(3)16-12-15/h8-9,12,14H,4-7,10-11H2,1-3H3. The molecule has 0 aromatic carbocycles. The number of aryl methyl sites for hydroxylation is 2. The summed E-state index contributed by atoms with van der Waals surface area (Å²) in [6, 6.07) is 4.33. The van der Waals surface area contributed by atoms with E-state index in [0.717, 1.165) is 11.6 Å². The van der Waals surface area contributed by atoms with Gasteiger partial charge in [-0.05, 0) is 37.3 Å². The lowest BCUT2D eigenvalue weighted by molar-refractivity contribution is 0.421. The molecule has 0 saturated carbocycles. The van der Waals surface area contributed by atoms with Crippen molar-refractivity contribution in [2.24, 2.45) is 5.92 Å². The second-order valence-corrected chi connectivity index (χ2v) is 4.76. The Bertz CT molecular complexity index is 276. The summed E-state index contributed by atoms with van der Waals surface area (Å²) in [5, 5.41) is 0. The molecule has 0 saturated heterocycles. The molecule has 1 heterocycles. The number of rotatable bonds is 7. The van der Waals surface area contributed by atoms with Gasteiger partial charge in [0.05, 0.1) is 0 Å². The van der Waals surface area contributed by atoms with Gasteiger partial charge in [-0.1, -0.05) is 45.6 Å². The monoisotopic (exact) mass is 219 g/mol. The van der Waals surface area contributed by atoms with Crippen LogP contribution in [0.15, 0.2) is 18.3 Å². The molecular formula is C15H25N. The summed E-state index contributed by atoms with van der Waals surface area (Å²) in [6.07, 6.45) is 9.96. The second kappa shape index (κ2) is 7.43. The van der Waals surface area contributed by atoms with Crippen molar-refractivity contribution in [2.45, 2.75) is 59.3 Å². The summed E-state index contributed by atoms with van der Waals surface area (Å²) < 4.78 is 0. The molecule has 16 heavy (non-hydrogen) atoms. The lowest BCUT2D eigenvalue weighted by Gasteiger charge is -2.13. The van der Waals surface area contributed by atoms with Crippen LogP contribution in [-0.4, -0.2) is 4.98 Å². The first kappa shape index (κ1) is 13.2. The van der Waals surface area contributed by atoms with Crippen LogP contribution in [0.25, 0.3) is 0 Å². The molecule has 1 heteroatoms. The average Bonchev–Trinajstić information content (AvgIpc) is 2.32. The summed E-state index contributed by atoms with van der Waals surface area (Å²) in [5.74, 6) is 0.904. The Morgan fingerprint density at radius 1 is 1.19 bits per heavy atom. The van der Waals surface area contributed by atoms with E-state index in [1.807, 2.05) is 13.1 Å². The largest absolute Gasteiger partial charge is 0.261 e. The van der Waals surface area contributed by atoms with Crippen LogP contribution in [-0.2, 0) is 6.42 Å². The fourth-order valence-electron chi connectivity index (χ4n) is 2.06. The summed E-state index contributed by atoms with van der Waals surface area (Å²) in [6.45, 7) is 6.63. The number of pyridine rings is 1. The summed E-state index contributed by atoms with van der Waals surface area (Å²) in [7, 11) is 0.